The standard InChI is InChI=1S/C11H15ClN2O2S/c1-8(17(2)16)3-5-14-11(15)10-7-9(12)4-6-13-10/h4,6-8H,3,5H2,1-2H3,(H,14,15). The molecule has 0 aromatic carbocycles. The Balaban J connectivity index is 2.43. The minimum absolute atomic E-state index is 0.0719. The van der Waals surface area contributed by atoms with Crippen LogP contribution >= 0.6 is 11.6 Å². The smallest absolute Gasteiger partial charge is 0.269 e. The van der Waals surface area contributed by atoms with Gasteiger partial charge in [0.2, 0.25) is 0 Å². The molecule has 0 aliphatic heterocycles. The van der Waals surface area contributed by atoms with E-state index in [-0.39, 0.29) is 11.2 Å². The van der Waals surface area contributed by atoms with Crippen LogP contribution in [0.3, 0.4) is 0 Å². The van der Waals surface area contributed by atoms with E-state index < -0.39 is 10.8 Å². The average Bonchev–Trinajstić information content (AvgIpc) is 2.28. The number of nitrogens with one attached hydrogen (secondary N) is 1. The van der Waals surface area contributed by atoms with Gasteiger partial charge in [-0.1, -0.05) is 18.5 Å². The van der Waals surface area contributed by atoms with E-state index >= 15 is 0 Å². The topological polar surface area (TPSA) is 59.1 Å². The summed E-state index contributed by atoms with van der Waals surface area (Å²) in [5.74, 6) is -0.262. The SMILES string of the molecule is CC(CCNC(=O)c1cc(Cl)ccn1)S(C)=O. The van der Waals surface area contributed by atoms with Crippen molar-refractivity contribution in [3.63, 3.8) is 0 Å². The van der Waals surface area contributed by atoms with Crippen LogP contribution < -0.4 is 5.32 Å². The molecular weight excluding hydrogens is 260 g/mol. The number of amides is 1. The van der Waals surface area contributed by atoms with Crippen LogP contribution in [-0.4, -0.2) is 33.2 Å². The summed E-state index contributed by atoms with van der Waals surface area (Å²) >= 11 is 5.75. The third-order valence-electron chi connectivity index (χ3n) is 2.36. The lowest BCUT2D eigenvalue weighted by atomic mass is 10.3. The van der Waals surface area contributed by atoms with Crippen LogP contribution in [0.5, 0.6) is 0 Å². The van der Waals surface area contributed by atoms with Crippen molar-refractivity contribution in [1.82, 2.24) is 10.3 Å². The molecule has 1 aromatic heterocycles. The normalized spacial score (nSPS) is 14.1. The van der Waals surface area contributed by atoms with E-state index in [0.29, 0.717) is 23.7 Å². The molecular formula is C11H15ClN2O2S. The van der Waals surface area contributed by atoms with E-state index in [4.69, 9.17) is 11.6 Å². The number of carbonyl (C=O) groups is 1. The van der Waals surface area contributed by atoms with Crippen LogP contribution in [0.2, 0.25) is 5.02 Å². The fraction of sp³-hybridized carbons (Fsp3) is 0.455. The van der Waals surface area contributed by atoms with Gasteiger partial charge in [0.1, 0.15) is 5.69 Å². The molecule has 2 unspecified atom stereocenters. The van der Waals surface area contributed by atoms with Gasteiger partial charge >= 0.3 is 0 Å². The predicted octanol–water partition coefficient (Wildman–Crippen LogP) is 1.62. The summed E-state index contributed by atoms with van der Waals surface area (Å²) in [6.07, 6.45) is 3.82. The van der Waals surface area contributed by atoms with Gasteiger partial charge in [-0.05, 0) is 18.6 Å². The Bertz CT molecular complexity index is 426. The summed E-state index contributed by atoms with van der Waals surface area (Å²) in [6.45, 7) is 2.37. The number of hydrogen-bond acceptors (Lipinski definition) is 3. The molecule has 0 aliphatic rings. The van der Waals surface area contributed by atoms with Gasteiger partial charge in [-0.2, -0.15) is 0 Å². The summed E-state index contributed by atoms with van der Waals surface area (Å²) in [5, 5.41) is 3.27. The van der Waals surface area contributed by atoms with Crippen molar-refractivity contribution < 1.29 is 9.00 Å². The van der Waals surface area contributed by atoms with Crippen LogP contribution in [0.1, 0.15) is 23.8 Å². The van der Waals surface area contributed by atoms with Crippen LogP contribution in [-0.2, 0) is 10.8 Å². The average molecular weight is 275 g/mol. The zero-order valence-electron chi connectivity index (χ0n) is 9.77. The quantitative estimate of drug-likeness (QED) is 0.888. The molecule has 1 aromatic rings. The Morgan fingerprint density at radius 2 is 2.35 bits per heavy atom. The molecule has 0 saturated carbocycles. The van der Waals surface area contributed by atoms with E-state index in [2.05, 4.69) is 10.3 Å². The number of hydrogen-bond donors (Lipinski definition) is 1. The van der Waals surface area contributed by atoms with Gasteiger partial charge in [0.05, 0.1) is 0 Å². The van der Waals surface area contributed by atoms with Gasteiger partial charge in [-0.15, -0.1) is 0 Å². The van der Waals surface area contributed by atoms with Crippen molar-refractivity contribution in [3.05, 3.63) is 29.0 Å². The zero-order valence-corrected chi connectivity index (χ0v) is 11.3. The Morgan fingerprint density at radius 3 is 2.94 bits per heavy atom. The Hall–Kier alpha value is -0.940. The molecule has 94 valence electrons. The van der Waals surface area contributed by atoms with Crippen molar-refractivity contribution >= 4 is 28.3 Å². The number of nitrogens with zero attached hydrogens (tertiary/aromatic N) is 1. The van der Waals surface area contributed by atoms with Crippen molar-refractivity contribution in [2.45, 2.75) is 18.6 Å². The van der Waals surface area contributed by atoms with Gasteiger partial charge in [0.25, 0.3) is 5.91 Å². The molecule has 1 amide bonds. The van der Waals surface area contributed by atoms with Gasteiger partial charge in [0.15, 0.2) is 0 Å². The second-order valence-corrected chi connectivity index (χ2v) is 5.95. The minimum Gasteiger partial charge on any atom is -0.351 e. The molecule has 0 radical (unpaired) electrons. The minimum atomic E-state index is -0.861. The highest BCUT2D eigenvalue weighted by Gasteiger charge is 2.09. The molecule has 0 spiro atoms. The maximum absolute atomic E-state index is 11.6. The van der Waals surface area contributed by atoms with E-state index in [9.17, 15) is 9.00 Å². The highest BCUT2D eigenvalue weighted by atomic mass is 35.5. The molecule has 1 N–H and O–H groups in total. The Morgan fingerprint density at radius 1 is 1.65 bits per heavy atom. The van der Waals surface area contributed by atoms with Crippen LogP contribution in [0.4, 0.5) is 0 Å². The maximum Gasteiger partial charge on any atom is 0.269 e. The van der Waals surface area contributed by atoms with Crippen molar-refractivity contribution in [2.75, 3.05) is 12.8 Å². The molecule has 1 rings (SSSR count). The molecule has 0 aliphatic carbocycles. The monoisotopic (exact) mass is 274 g/mol. The van der Waals surface area contributed by atoms with Crippen LogP contribution in [0, 0.1) is 0 Å². The first-order chi connectivity index (χ1) is 8.00. The first-order valence-electron chi connectivity index (χ1n) is 5.22. The van der Waals surface area contributed by atoms with E-state index in [0.717, 1.165) is 0 Å². The van der Waals surface area contributed by atoms with Gasteiger partial charge in [-0.3, -0.25) is 14.0 Å². The fourth-order valence-electron chi connectivity index (χ4n) is 1.17. The van der Waals surface area contributed by atoms with Crippen molar-refractivity contribution in [2.24, 2.45) is 0 Å². The third kappa shape index (κ3) is 4.83. The molecule has 1 heterocycles. The maximum atomic E-state index is 11.6. The largest absolute Gasteiger partial charge is 0.351 e. The van der Waals surface area contributed by atoms with Gasteiger partial charge < -0.3 is 5.32 Å². The van der Waals surface area contributed by atoms with Crippen LogP contribution in [0.15, 0.2) is 18.3 Å². The summed E-state index contributed by atoms with van der Waals surface area (Å²) in [5.41, 5.74) is 0.294. The number of rotatable bonds is 5. The lowest BCUT2D eigenvalue weighted by molar-refractivity contribution is 0.0948. The van der Waals surface area contributed by atoms with E-state index in [1.54, 1.807) is 12.3 Å². The summed E-state index contributed by atoms with van der Waals surface area (Å²) in [4.78, 5) is 15.6. The van der Waals surface area contributed by atoms with E-state index in [1.807, 2.05) is 6.92 Å². The number of aromatic nitrogens is 1. The summed E-state index contributed by atoms with van der Waals surface area (Å²) in [6, 6.07) is 3.12. The second-order valence-electron chi connectivity index (χ2n) is 3.71. The van der Waals surface area contributed by atoms with Crippen molar-refractivity contribution in [1.29, 1.82) is 0 Å². The highest BCUT2D eigenvalue weighted by Crippen LogP contribution is 2.07. The summed E-state index contributed by atoms with van der Waals surface area (Å²) in [7, 11) is -0.861. The van der Waals surface area contributed by atoms with Gasteiger partial charge in [0, 0.05) is 40.1 Å². The third-order valence-corrected chi connectivity index (χ3v) is 3.96. The number of halogens is 1. The second kappa shape index (κ2) is 6.71. The fourth-order valence-corrected chi connectivity index (χ4v) is 1.78. The molecule has 0 bridgehead atoms. The Kier molecular flexibility index (Phi) is 5.58. The Labute approximate surface area is 108 Å². The van der Waals surface area contributed by atoms with E-state index in [1.165, 1.54) is 12.3 Å². The number of carbonyl (C=O) groups excluding carboxylic acids is 1. The first-order valence-corrected chi connectivity index (χ1v) is 7.22. The molecule has 2 atom stereocenters. The molecule has 17 heavy (non-hydrogen) atoms. The highest BCUT2D eigenvalue weighted by molar-refractivity contribution is 7.84. The molecule has 6 heteroatoms. The first kappa shape index (κ1) is 14.1. The van der Waals surface area contributed by atoms with Gasteiger partial charge in [-0.25, -0.2) is 0 Å². The predicted molar refractivity (Wildman–Crippen MR) is 69.7 cm³/mol. The number of pyridine rings is 1. The zero-order chi connectivity index (χ0) is 12.8. The van der Waals surface area contributed by atoms with Crippen molar-refractivity contribution in [3.8, 4) is 0 Å². The molecule has 4 nitrogen and oxygen atoms in total. The summed E-state index contributed by atoms with van der Waals surface area (Å²) < 4.78 is 11.1. The molecule has 0 saturated heterocycles. The lowest BCUT2D eigenvalue weighted by Gasteiger charge is -2.08. The molecule has 0 fully saturated rings. The lowest BCUT2D eigenvalue weighted by Crippen LogP contribution is -2.28. The van der Waals surface area contributed by atoms with Crippen LogP contribution in [0.25, 0.3) is 0 Å².